The summed E-state index contributed by atoms with van der Waals surface area (Å²) in [6.45, 7) is 0. The number of nitrogens with zero attached hydrogens (tertiary/aromatic N) is 2. The number of amides is 1. The zero-order valence-corrected chi connectivity index (χ0v) is 13.4. The molecule has 1 aromatic carbocycles. The number of alkyl halides is 4. The van der Waals surface area contributed by atoms with Gasteiger partial charge in [-0.25, -0.2) is 0 Å². The van der Waals surface area contributed by atoms with E-state index in [1.54, 1.807) is 24.5 Å². The Morgan fingerprint density at radius 2 is 2.08 bits per heavy atom. The smallest absolute Gasteiger partial charge is 0.428 e. The van der Waals surface area contributed by atoms with Crippen LogP contribution in [0.1, 0.15) is 10.9 Å². The SMILES string of the molecule is O=C1CSC(c2cccnc2)N1c1cccc(OC(F)(F)C(F)F)c1. The average molecular weight is 372 g/mol. The minimum absolute atomic E-state index is 0.206. The van der Waals surface area contributed by atoms with Crippen molar-refractivity contribution in [2.75, 3.05) is 10.7 Å². The van der Waals surface area contributed by atoms with E-state index in [0.29, 0.717) is 0 Å². The molecule has 2 heterocycles. The maximum absolute atomic E-state index is 13.1. The van der Waals surface area contributed by atoms with Crippen LogP contribution >= 0.6 is 11.8 Å². The molecule has 1 aliphatic rings. The van der Waals surface area contributed by atoms with Gasteiger partial charge in [-0.15, -0.1) is 11.8 Å². The van der Waals surface area contributed by atoms with Gasteiger partial charge in [0.25, 0.3) is 0 Å². The molecule has 2 aromatic rings. The van der Waals surface area contributed by atoms with Gasteiger partial charge in [-0.2, -0.15) is 17.6 Å². The van der Waals surface area contributed by atoms with Gasteiger partial charge < -0.3 is 4.74 Å². The van der Waals surface area contributed by atoms with E-state index in [1.807, 2.05) is 0 Å². The molecule has 25 heavy (non-hydrogen) atoms. The highest BCUT2D eigenvalue weighted by Crippen LogP contribution is 2.42. The van der Waals surface area contributed by atoms with E-state index < -0.39 is 18.3 Å². The number of thioether (sulfide) groups is 1. The summed E-state index contributed by atoms with van der Waals surface area (Å²) in [5, 5.41) is -0.382. The van der Waals surface area contributed by atoms with Crippen molar-refractivity contribution in [1.29, 1.82) is 0 Å². The Kier molecular flexibility index (Phi) is 4.85. The largest absolute Gasteiger partial charge is 0.461 e. The number of carbonyl (C=O) groups excluding carboxylic acids is 1. The molecule has 0 saturated carbocycles. The van der Waals surface area contributed by atoms with Crippen LogP contribution in [-0.4, -0.2) is 29.2 Å². The van der Waals surface area contributed by atoms with Crippen LogP contribution < -0.4 is 9.64 Å². The number of halogens is 4. The quantitative estimate of drug-likeness (QED) is 0.742. The second kappa shape index (κ2) is 6.91. The third-order valence-electron chi connectivity index (χ3n) is 3.44. The molecule has 0 spiro atoms. The molecular weight excluding hydrogens is 360 g/mol. The molecule has 0 radical (unpaired) electrons. The summed E-state index contributed by atoms with van der Waals surface area (Å²) in [5.41, 5.74) is 1.05. The number of anilines is 1. The van der Waals surface area contributed by atoms with Gasteiger partial charge in [0.2, 0.25) is 5.91 Å². The third-order valence-corrected chi connectivity index (χ3v) is 4.65. The minimum Gasteiger partial charge on any atom is -0.428 e. The van der Waals surface area contributed by atoms with E-state index in [9.17, 15) is 22.4 Å². The number of pyridine rings is 1. The summed E-state index contributed by atoms with van der Waals surface area (Å²) in [6.07, 6.45) is -5.36. The molecule has 9 heteroatoms. The second-order valence-electron chi connectivity index (χ2n) is 5.18. The molecule has 1 aromatic heterocycles. The molecule has 4 nitrogen and oxygen atoms in total. The first-order valence-corrected chi connectivity index (χ1v) is 8.22. The standard InChI is InChI=1S/C16H12F4N2O2S/c17-15(18)16(19,20)24-12-5-1-4-11(7-12)22-13(23)9-25-14(22)10-3-2-6-21-8-10/h1-8,14-15H,9H2. The lowest BCUT2D eigenvalue weighted by molar-refractivity contribution is -0.253. The Hall–Kier alpha value is -2.29. The normalized spacial score (nSPS) is 18.0. The van der Waals surface area contributed by atoms with Crippen molar-refractivity contribution in [3.63, 3.8) is 0 Å². The number of hydrogen-bond acceptors (Lipinski definition) is 4. The lowest BCUT2D eigenvalue weighted by atomic mass is 10.2. The van der Waals surface area contributed by atoms with E-state index in [0.717, 1.165) is 17.7 Å². The van der Waals surface area contributed by atoms with E-state index in [-0.39, 0.29) is 22.7 Å². The van der Waals surface area contributed by atoms with Crippen LogP contribution in [0.15, 0.2) is 48.8 Å². The number of aromatic nitrogens is 1. The maximum atomic E-state index is 13.1. The summed E-state index contributed by atoms with van der Waals surface area (Å²) in [7, 11) is 0. The lowest BCUT2D eigenvalue weighted by Gasteiger charge is -2.25. The number of hydrogen-bond donors (Lipinski definition) is 0. The van der Waals surface area contributed by atoms with Gasteiger partial charge in [0.15, 0.2) is 0 Å². The van der Waals surface area contributed by atoms with Gasteiger partial charge in [-0.1, -0.05) is 12.1 Å². The summed E-state index contributed by atoms with van der Waals surface area (Å²) < 4.78 is 54.9. The van der Waals surface area contributed by atoms with Crippen LogP contribution in [0.3, 0.4) is 0 Å². The van der Waals surface area contributed by atoms with Crippen LogP contribution in [0, 0.1) is 0 Å². The number of benzene rings is 1. The zero-order valence-electron chi connectivity index (χ0n) is 12.6. The summed E-state index contributed by atoms with van der Waals surface area (Å²) in [5.74, 6) is -0.466. The molecular formula is C16H12F4N2O2S. The molecule has 1 aliphatic heterocycles. The van der Waals surface area contributed by atoms with Gasteiger partial charge in [-0.05, 0) is 18.2 Å². The van der Waals surface area contributed by atoms with E-state index >= 15 is 0 Å². The van der Waals surface area contributed by atoms with Crippen LogP contribution in [0.4, 0.5) is 23.2 Å². The highest BCUT2D eigenvalue weighted by molar-refractivity contribution is 8.00. The van der Waals surface area contributed by atoms with Crippen molar-refractivity contribution >= 4 is 23.4 Å². The first kappa shape index (κ1) is 17.5. The summed E-state index contributed by atoms with van der Waals surface area (Å²) in [4.78, 5) is 17.7. The number of carbonyl (C=O) groups is 1. The Labute approximate surface area is 144 Å². The van der Waals surface area contributed by atoms with Crippen LogP contribution in [-0.2, 0) is 4.79 Å². The molecule has 1 atom stereocenters. The second-order valence-corrected chi connectivity index (χ2v) is 6.24. The fourth-order valence-corrected chi connectivity index (χ4v) is 3.53. The molecule has 132 valence electrons. The van der Waals surface area contributed by atoms with Crippen molar-refractivity contribution in [2.24, 2.45) is 0 Å². The van der Waals surface area contributed by atoms with Crippen LogP contribution in [0.5, 0.6) is 5.75 Å². The van der Waals surface area contributed by atoms with E-state index in [1.165, 1.54) is 28.8 Å². The highest BCUT2D eigenvalue weighted by atomic mass is 32.2. The molecule has 0 bridgehead atoms. The Bertz CT molecular complexity index is 761. The van der Waals surface area contributed by atoms with Gasteiger partial charge in [-0.3, -0.25) is 14.7 Å². The number of ether oxygens (including phenoxy) is 1. The number of rotatable bonds is 5. The molecule has 3 rings (SSSR count). The molecule has 1 amide bonds. The lowest BCUT2D eigenvalue weighted by Crippen LogP contribution is -2.33. The monoisotopic (exact) mass is 372 g/mol. The molecule has 1 fully saturated rings. The van der Waals surface area contributed by atoms with Crippen molar-refractivity contribution in [3.8, 4) is 5.75 Å². The van der Waals surface area contributed by atoms with Gasteiger partial charge in [0.05, 0.1) is 5.75 Å². The third kappa shape index (κ3) is 3.71. The maximum Gasteiger partial charge on any atom is 0.461 e. The van der Waals surface area contributed by atoms with Crippen LogP contribution in [0.2, 0.25) is 0 Å². The zero-order chi connectivity index (χ0) is 18.0. The van der Waals surface area contributed by atoms with Crippen molar-refractivity contribution in [3.05, 3.63) is 54.4 Å². The van der Waals surface area contributed by atoms with Crippen molar-refractivity contribution in [2.45, 2.75) is 17.9 Å². The molecule has 0 aliphatic carbocycles. The predicted molar refractivity (Wildman–Crippen MR) is 84.9 cm³/mol. The van der Waals surface area contributed by atoms with E-state index in [4.69, 9.17) is 0 Å². The highest BCUT2D eigenvalue weighted by Gasteiger charge is 2.44. The fraction of sp³-hybridized carbons (Fsp3) is 0.250. The average Bonchev–Trinajstić information content (AvgIpc) is 2.97. The van der Waals surface area contributed by atoms with Gasteiger partial charge >= 0.3 is 12.5 Å². The summed E-state index contributed by atoms with van der Waals surface area (Å²) in [6, 6.07) is 8.68. The predicted octanol–water partition coefficient (Wildman–Crippen LogP) is 4.10. The van der Waals surface area contributed by atoms with Crippen LogP contribution in [0.25, 0.3) is 0 Å². The molecule has 1 saturated heterocycles. The Morgan fingerprint density at radius 1 is 1.28 bits per heavy atom. The van der Waals surface area contributed by atoms with Crippen molar-refractivity contribution < 1.29 is 27.1 Å². The fourth-order valence-electron chi connectivity index (χ4n) is 2.37. The van der Waals surface area contributed by atoms with Gasteiger partial charge in [0.1, 0.15) is 11.1 Å². The topological polar surface area (TPSA) is 42.4 Å². The Morgan fingerprint density at radius 3 is 2.76 bits per heavy atom. The molecule has 1 unspecified atom stereocenters. The van der Waals surface area contributed by atoms with Crippen molar-refractivity contribution in [1.82, 2.24) is 4.98 Å². The minimum atomic E-state index is -4.61. The first-order chi connectivity index (χ1) is 11.9. The molecule has 0 N–H and O–H groups in total. The first-order valence-electron chi connectivity index (χ1n) is 7.17. The Balaban J connectivity index is 1.90. The van der Waals surface area contributed by atoms with E-state index in [2.05, 4.69) is 9.72 Å². The summed E-state index contributed by atoms with van der Waals surface area (Å²) >= 11 is 1.36. The van der Waals surface area contributed by atoms with Gasteiger partial charge in [0, 0.05) is 29.7 Å².